The fourth-order valence-corrected chi connectivity index (χ4v) is 4.32. The molecule has 0 bridgehead atoms. The Morgan fingerprint density at radius 3 is 2.80 bits per heavy atom. The number of aromatic nitrogens is 5. The second-order valence-corrected chi connectivity index (χ2v) is 8.36. The summed E-state index contributed by atoms with van der Waals surface area (Å²) < 4.78 is 13.0. The molecule has 3 aromatic heterocycles. The highest BCUT2D eigenvalue weighted by Crippen LogP contribution is 2.33. The molecular weight excluding hydrogens is 384 g/mol. The van der Waals surface area contributed by atoms with Gasteiger partial charge in [-0.3, -0.25) is 4.79 Å². The summed E-state index contributed by atoms with van der Waals surface area (Å²) in [5.74, 6) is 1.30. The predicted molar refractivity (Wildman–Crippen MR) is 108 cm³/mol. The van der Waals surface area contributed by atoms with Crippen molar-refractivity contribution in [2.45, 2.75) is 57.5 Å². The van der Waals surface area contributed by atoms with Crippen molar-refractivity contribution in [2.24, 2.45) is 0 Å². The standard InChI is InChI=1S/C21H26N6O3/c1-13(2)18-24-20(30-25-18)17-4-3-7-26(17)21(28)14-10-16-19(22-11-14)27(12-23-16)15-5-8-29-9-6-15/h10-13,15,17H,3-9H2,1-2H3/t17-/m0/s1. The molecule has 2 saturated heterocycles. The normalized spacial score (nSPS) is 20.5. The molecule has 9 nitrogen and oxygen atoms in total. The van der Waals surface area contributed by atoms with E-state index in [0.29, 0.717) is 29.9 Å². The number of ether oxygens (including phenoxy) is 1. The molecule has 0 aromatic carbocycles. The van der Waals surface area contributed by atoms with Gasteiger partial charge in [0.1, 0.15) is 11.6 Å². The van der Waals surface area contributed by atoms with Crippen LogP contribution in [0.4, 0.5) is 0 Å². The van der Waals surface area contributed by atoms with E-state index in [1.807, 2.05) is 31.1 Å². The number of nitrogens with zero attached hydrogens (tertiary/aromatic N) is 6. The fraction of sp³-hybridized carbons (Fsp3) is 0.571. The second-order valence-electron chi connectivity index (χ2n) is 8.36. The lowest BCUT2D eigenvalue weighted by molar-refractivity contribution is 0.0704. The van der Waals surface area contributed by atoms with Crippen LogP contribution in [0.1, 0.15) is 79.6 Å². The molecule has 0 unspecified atom stereocenters. The van der Waals surface area contributed by atoms with E-state index in [-0.39, 0.29) is 17.9 Å². The van der Waals surface area contributed by atoms with Crippen molar-refractivity contribution in [1.82, 2.24) is 29.6 Å². The quantitative estimate of drug-likeness (QED) is 0.651. The van der Waals surface area contributed by atoms with Crippen molar-refractivity contribution in [1.29, 1.82) is 0 Å². The summed E-state index contributed by atoms with van der Waals surface area (Å²) in [6, 6.07) is 1.99. The molecule has 0 N–H and O–H groups in total. The van der Waals surface area contributed by atoms with Gasteiger partial charge < -0.3 is 18.7 Å². The summed E-state index contributed by atoms with van der Waals surface area (Å²) in [4.78, 5) is 28.7. The van der Waals surface area contributed by atoms with Crippen LogP contribution in [0.2, 0.25) is 0 Å². The van der Waals surface area contributed by atoms with Gasteiger partial charge in [0.05, 0.1) is 11.9 Å². The molecule has 2 aliphatic heterocycles. The maximum absolute atomic E-state index is 13.3. The Morgan fingerprint density at radius 1 is 1.20 bits per heavy atom. The lowest BCUT2D eigenvalue weighted by atomic mass is 10.1. The van der Waals surface area contributed by atoms with Gasteiger partial charge >= 0.3 is 0 Å². The zero-order chi connectivity index (χ0) is 20.7. The third kappa shape index (κ3) is 3.36. The van der Waals surface area contributed by atoms with Gasteiger partial charge in [0.25, 0.3) is 5.91 Å². The van der Waals surface area contributed by atoms with E-state index in [4.69, 9.17) is 9.26 Å². The molecule has 0 radical (unpaired) electrons. The summed E-state index contributed by atoms with van der Waals surface area (Å²) in [5, 5.41) is 4.06. The predicted octanol–water partition coefficient (Wildman–Crippen LogP) is 3.27. The molecule has 0 aliphatic carbocycles. The van der Waals surface area contributed by atoms with Gasteiger partial charge in [-0.15, -0.1) is 0 Å². The van der Waals surface area contributed by atoms with Gasteiger partial charge in [0.2, 0.25) is 5.89 Å². The topological polar surface area (TPSA) is 99.2 Å². The van der Waals surface area contributed by atoms with E-state index in [0.717, 1.165) is 50.1 Å². The summed E-state index contributed by atoms with van der Waals surface area (Å²) >= 11 is 0. The molecule has 1 atom stereocenters. The highest BCUT2D eigenvalue weighted by Gasteiger charge is 2.35. The minimum atomic E-state index is -0.187. The van der Waals surface area contributed by atoms with Gasteiger partial charge in [-0.2, -0.15) is 4.98 Å². The molecule has 0 saturated carbocycles. The lowest BCUT2D eigenvalue weighted by Crippen LogP contribution is -2.30. The number of hydrogen-bond donors (Lipinski definition) is 0. The lowest BCUT2D eigenvalue weighted by Gasteiger charge is -2.23. The van der Waals surface area contributed by atoms with Crippen molar-refractivity contribution in [3.05, 3.63) is 35.9 Å². The van der Waals surface area contributed by atoms with E-state index >= 15 is 0 Å². The van der Waals surface area contributed by atoms with Crippen LogP contribution in [0, 0.1) is 0 Å². The first-order valence-electron chi connectivity index (χ1n) is 10.7. The van der Waals surface area contributed by atoms with Crippen LogP contribution in [0.5, 0.6) is 0 Å². The maximum Gasteiger partial charge on any atom is 0.256 e. The molecule has 1 amide bonds. The Labute approximate surface area is 174 Å². The van der Waals surface area contributed by atoms with Crippen LogP contribution in [-0.4, -0.2) is 55.2 Å². The van der Waals surface area contributed by atoms with Crippen LogP contribution in [-0.2, 0) is 4.74 Å². The zero-order valence-electron chi connectivity index (χ0n) is 17.3. The third-order valence-electron chi connectivity index (χ3n) is 6.02. The Kier molecular flexibility index (Phi) is 4.98. The van der Waals surface area contributed by atoms with Crippen LogP contribution in [0.25, 0.3) is 11.2 Å². The zero-order valence-corrected chi connectivity index (χ0v) is 17.3. The number of imidazole rings is 1. The molecule has 3 aromatic rings. The summed E-state index contributed by atoms with van der Waals surface area (Å²) in [6.07, 6.45) is 7.11. The summed E-state index contributed by atoms with van der Waals surface area (Å²) in [6.45, 7) is 6.22. The summed E-state index contributed by atoms with van der Waals surface area (Å²) in [7, 11) is 0. The van der Waals surface area contributed by atoms with Crippen molar-refractivity contribution in [3.63, 3.8) is 0 Å². The van der Waals surface area contributed by atoms with Gasteiger partial charge in [-0.05, 0) is 31.7 Å². The number of pyridine rings is 1. The van der Waals surface area contributed by atoms with E-state index in [2.05, 4.69) is 24.7 Å². The van der Waals surface area contributed by atoms with E-state index in [1.54, 1.807) is 6.20 Å². The minimum Gasteiger partial charge on any atom is -0.381 e. The van der Waals surface area contributed by atoms with Crippen molar-refractivity contribution in [2.75, 3.05) is 19.8 Å². The molecule has 158 valence electrons. The molecule has 0 spiro atoms. The SMILES string of the molecule is CC(C)c1noc([C@@H]2CCCN2C(=O)c2cnc3c(c2)ncn3C2CCOCC2)n1. The highest BCUT2D eigenvalue weighted by molar-refractivity contribution is 5.96. The molecule has 30 heavy (non-hydrogen) atoms. The smallest absolute Gasteiger partial charge is 0.256 e. The van der Waals surface area contributed by atoms with Crippen LogP contribution in [0.15, 0.2) is 23.1 Å². The number of hydrogen-bond acceptors (Lipinski definition) is 7. The summed E-state index contributed by atoms with van der Waals surface area (Å²) in [5.41, 5.74) is 2.09. The molecule has 2 aliphatic rings. The number of fused-ring (bicyclic) bond motifs is 1. The first-order chi connectivity index (χ1) is 14.6. The van der Waals surface area contributed by atoms with Gasteiger partial charge in [0, 0.05) is 37.9 Å². The average Bonchev–Trinajstić information content (AvgIpc) is 3.52. The first kappa shape index (κ1) is 19.2. The number of rotatable bonds is 4. The van der Waals surface area contributed by atoms with Gasteiger partial charge in [0.15, 0.2) is 11.5 Å². The first-order valence-corrected chi connectivity index (χ1v) is 10.7. The number of carbonyl (C=O) groups is 1. The minimum absolute atomic E-state index is 0.0724. The number of amides is 1. The fourth-order valence-electron chi connectivity index (χ4n) is 4.32. The molecule has 2 fully saturated rings. The highest BCUT2D eigenvalue weighted by atomic mass is 16.5. The van der Waals surface area contributed by atoms with Crippen molar-refractivity contribution < 1.29 is 14.1 Å². The van der Waals surface area contributed by atoms with Crippen molar-refractivity contribution >= 4 is 17.1 Å². The monoisotopic (exact) mass is 410 g/mol. The van der Waals surface area contributed by atoms with E-state index in [9.17, 15) is 4.79 Å². The molecule has 5 rings (SSSR count). The van der Waals surface area contributed by atoms with Gasteiger partial charge in [-0.25, -0.2) is 9.97 Å². The molecular formula is C21H26N6O3. The Balaban J connectivity index is 1.39. The van der Waals surface area contributed by atoms with Crippen LogP contribution in [0.3, 0.4) is 0 Å². The number of likely N-dealkylation sites (tertiary alicyclic amines) is 1. The van der Waals surface area contributed by atoms with Crippen molar-refractivity contribution in [3.8, 4) is 0 Å². The average molecular weight is 410 g/mol. The third-order valence-corrected chi connectivity index (χ3v) is 6.02. The van der Waals surface area contributed by atoms with Crippen LogP contribution >= 0.6 is 0 Å². The largest absolute Gasteiger partial charge is 0.381 e. The van der Waals surface area contributed by atoms with E-state index < -0.39 is 0 Å². The second kappa shape index (κ2) is 7.79. The molecule has 5 heterocycles. The van der Waals surface area contributed by atoms with Crippen LogP contribution < -0.4 is 0 Å². The van der Waals surface area contributed by atoms with E-state index in [1.165, 1.54) is 0 Å². The van der Waals surface area contributed by atoms with Gasteiger partial charge in [-0.1, -0.05) is 19.0 Å². The Bertz CT molecular complexity index is 1050. The number of carbonyl (C=O) groups excluding carboxylic acids is 1. The molecule has 9 heteroatoms. The Hall–Kier alpha value is -2.81. The maximum atomic E-state index is 13.3. The Morgan fingerprint density at radius 2 is 2.03 bits per heavy atom.